The zero-order valence-corrected chi connectivity index (χ0v) is 12.6. The smallest absolute Gasteiger partial charge is 0.262 e. The van der Waals surface area contributed by atoms with E-state index in [1.807, 2.05) is 43.3 Å². The molecule has 0 bridgehead atoms. The van der Waals surface area contributed by atoms with Crippen LogP contribution in [0.1, 0.15) is 10.4 Å². The van der Waals surface area contributed by atoms with E-state index in [9.17, 15) is 9.59 Å². The van der Waals surface area contributed by atoms with E-state index in [1.54, 1.807) is 24.3 Å². The number of carbonyl (C=O) groups excluding carboxylic acids is 2. The normalized spacial score (nSPS) is 9.91. The molecule has 2 aromatic carbocycles. The highest BCUT2D eigenvalue weighted by atomic mass is 16.5. The lowest BCUT2D eigenvalue weighted by molar-refractivity contribution is -0.118. The van der Waals surface area contributed by atoms with E-state index in [0.29, 0.717) is 23.3 Å². The second-order valence-electron chi connectivity index (χ2n) is 4.93. The van der Waals surface area contributed by atoms with Crippen molar-refractivity contribution in [2.24, 2.45) is 0 Å². The second kappa shape index (κ2) is 7.26. The van der Waals surface area contributed by atoms with Gasteiger partial charge in [-0.05, 0) is 36.4 Å². The van der Waals surface area contributed by atoms with Crippen molar-refractivity contribution in [3.8, 4) is 5.75 Å². The van der Waals surface area contributed by atoms with Crippen LogP contribution in [0.2, 0.25) is 0 Å². The summed E-state index contributed by atoms with van der Waals surface area (Å²) in [6.45, 7) is -0.152. The van der Waals surface area contributed by atoms with E-state index in [4.69, 9.17) is 4.74 Å². The molecule has 1 N–H and O–H groups in total. The number of anilines is 2. The maximum absolute atomic E-state index is 11.9. The fourth-order valence-electron chi connectivity index (χ4n) is 1.89. The number of hydrogen-bond acceptors (Lipinski definition) is 4. The number of nitrogens with zero attached hydrogens (tertiary/aromatic N) is 1. The van der Waals surface area contributed by atoms with Gasteiger partial charge in [-0.1, -0.05) is 12.1 Å². The van der Waals surface area contributed by atoms with Crippen molar-refractivity contribution in [1.29, 1.82) is 0 Å². The Morgan fingerprint density at radius 2 is 1.82 bits per heavy atom. The molecule has 5 heteroatoms. The Bertz CT molecular complexity index is 651. The van der Waals surface area contributed by atoms with Crippen LogP contribution in [0.25, 0.3) is 0 Å². The number of ether oxygens (including phenoxy) is 1. The van der Waals surface area contributed by atoms with Crippen molar-refractivity contribution < 1.29 is 14.3 Å². The highest BCUT2D eigenvalue weighted by molar-refractivity contribution is 5.92. The minimum Gasteiger partial charge on any atom is -0.483 e. The Morgan fingerprint density at radius 1 is 1.14 bits per heavy atom. The van der Waals surface area contributed by atoms with Crippen molar-refractivity contribution in [3.05, 3.63) is 54.1 Å². The molecule has 0 saturated carbocycles. The molecule has 0 aliphatic heterocycles. The molecule has 114 valence electrons. The summed E-state index contributed by atoms with van der Waals surface area (Å²) < 4.78 is 5.37. The first-order valence-corrected chi connectivity index (χ1v) is 6.84. The highest BCUT2D eigenvalue weighted by Crippen LogP contribution is 2.17. The standard InChI is InChI=1S/C17H18N2O3/c1-19(2)15-9-7-14(8-10-15)18-17(21)12-22-16-6-4-3-5-13(16)11-20/h3-11H,12H2,1-2H3,(H,18,21). The summed E-state index contributed by atoms with van der Waals surface area (Å²) in [6.07, 6.45) is 0.702. The summed E-state index contributed by atoms with van der Waals surface area (Å²) in [7, 11) is 3.90. The van der Waals surface area contributed by atoms with Gasteiger partial charge in [0.15, 0.2) is 12.9 Å². The number of rotatable bonds is 6. The van der Waals surface area contributed by atoms with Crippen molar-refractivity contribution in [1.82, 2.24) is 0 Å². The predicted molar refractivity (Wildman–Crippen MR) is 86.7 cm³/mol. The molecule has 0 aliphatic carbocycles. The molecule has 0 fully saturated rings. The van der Waals surface area contributed by atoms with Gasteiger partial charge in [-0.2, -0.15) is 0 Å². The Kier molecular flexibility index (Phi) is 5.14. The number of para-hydroxylation sites is 1. The predicted octanol–water partition coefficient (Wildman–Crippen LogP) is 2.58. The lowest BCUT2D eigenvalue weighted by Crippen LogP contribution is -2.20. The average molecular weight is 298 g/mol. The molecule has 0 spiro atoms. The van der Waals surface area contributed by atoms with Gasteiger partial charge in [0.1, 0.15) is 5.75 Å². The third-order valence-electron chi connectivity index (χ3n) is 3.07. The number of hydrogen-bond donors (Lipinski definition) is 1. The van der Waals surface area contributed by atoms with E-state index >= 15 is 0 Å². The quantitative estimate of drug-likeness (QED) is 0.833. The molecule has 22 heavy (non-hydrogen) atoms. The van der Waals surface area contributed by atoms with Crippen LogP contribution in [-0.4, -0.2) is 32.9 Å². The Balaban J connectivity index is 1.91. The first-order valence-electron chi connectivity index (χ1n) is 6.84. The van der Waals surface area contributed by atoms with E-state index in [-0.39, 0.29) is 12.5 Å². The van der Waals surface area contributed by atoms with Crippen molar-refractivity contribution in [2.45, 2.75) is 0 Å². The van der Waals surface area contributed by atoms with Gasteiger partial charge in [-0.3, -0.25) is 9.59 Å². The van der Waals surface area contributed by atoms with Crippen LogP contribution in [-0.2, 0) is 4.79 Å². The van der Waals surface area contributed by atoms with Crippen molar-refractivity contribution in [2.75, 3.05) is 30.9 Å². The summed E-state index contributed by atoms with van der Waals surface area (Å²) in [5.41, 5.74) is 2.17. The molecule has 0 unspecified atom stereocenters. The summed E-state index contributed by atoms with van der Waals surface area (Å²) in [5, 5.41) is 2.75. The molecular weight excluding hydrogens is 280 g/mol. The SMILES string of the molecule is CN(C)c1ccc(NC(=O)COc2ccccc2C=O)cc1. The van der Waals surface area contributed by atoms with Crippen LogP contribution in [0, 0.1) is 0 Å². The van der Waals surface area contributed by atoms with E-state index in [0.717, 1.165) is 5.69 Å². The third-order valence-corrected chi connectivity index (χ3v) is 3.07. The molecule has 0 atom stereocenters. The summed E-state index contributed by atoms with van der Waals surface area (Å²) >= 11 is 0. The summed E-state index contributed by atoms with van der Waals surface area (Å²) in [4.78, 5) is 24.7. The lowest BCUT2D eigenvalue weighted by Gasteiger charge is -2.13. The van der Waals surface area contributed by atoms with E-state index < -0.39 is 0 Å². The zero-order valence-electron chi connectivity index (χ0n) is 12.6. The van der Waals surface area contributed by atoms with E-state index in [1.165, 1.54) is 0 Å². The molecular formula is C17H18N2O3. The third kappa shape index (κ3) is 4.09. The Hall–Kier alpha value is -2.82. The first kappa shape index (κ1) is 15.6. The first-order chi connectivity index (χ1) is 10.6. The monoisotopic (exact) mass is 298 g/mol. The number of carbonyl (C=O) groups is 2. The largest absolute Gasteiger partial charge is 0.483 e. The molecule has 2 rings (SSSR count). The molecule has 0 heterocycles. The lowest BCUT2D eigenvalue weighted by atomic mass is 10.2. The van der Waals surface area contributed by atoms with Gasteiger partial charge in [0.25, 0.3) is 5.91 Å². The van der Waals surface area contributed by atoms with Gasteiger partial charge in [0, 0.05) is 25.5 Å². The summed E-state index contributed by atoms with van der Waals surface area (Å²) in [6, 6.07) is 14.3. The minimum atomic E-state index is -0.279. The van der Waals surface area contributed by atoms with Crippen LogP contribution in [0.15, 0.2) is 48.5 Å². The fraction of sp³-hybridized carbons (Fsp3) is 0.176. The number of benzene rings is 2. The van der Waals surface area contributed by atoms with Crippen LogP contribution in [0.3, 0.4) is 0 Å². The number of nitrogens with one attached hydrogen (secondary N) is 1. The van der Waals surface area contributed by atoms with Gasteiger partial charge in [0.2, 0.25) is 0 Å². The zero-order chi connectivity index (χ0) is 15.9. The van der Waals surface area contributed by atoms with Gasteiger partial charge in [-0.25, -0.2) is 0 Å². The van der Waals surface area contributed by atoms with Gasteiger partial charge >= 0.3 is 0 Å². The molecule has 0 radical (unpaired) electrons. The van der Waals surface area contributed by atoms with Crippen LogP contribution < -0.4 is 15.0 Å². The second-order valence-corrected chi connectivity index (χ2v) is 4.93. The maximum atomic E-state index is 11.9. The van der Waals surface area contributed by atoms with Crippen LogP contribution in [0.4, 0.5) is 11.4 Å². The van der Waals surface area contributed by atoms with Crippen molar-refractivity contribution in [3.63, 3.8) is 0 Å². The fourth-order valence-corrected chi connectivity index (χ4v) is 1.89. The Labute approximate surface area is 129 Å². The molecule has 2 aromatic rings. The molecule has 0 saturated heterocycles. The van der Waals surface area contributed by atoms with Gasteiger partial charge in [0.05, 0.1) is 5.56 Å². The van der Waals surface area contributed by atoms with E-state index in [2.05, 4.69) is 5.32 Å². The molecule has 5 nitrogen and oxygen atoms in total. The minimum absolute atomic E-state index is 0.152. The molecule has 0 aromatic heterocycles. The Morgan fingerprint density at radius 3 is 2.45 bits per heavy atom. The topological polar surface area (TPSA) is 58.6 Å². The molecule has 1 amide bonds. The van der Waals surface area contributed by atoms with Gasteiger partial charge in [-0.15, -0.1) is 0 Å². The average Bonchev–Trinajstić information content (AvgIpc) is 2.53. The van der Waals surface area contributed by atoms with Gasteiger partial charge < -0.3 is 15.0 Å². The highest BCUT2D eigenvalue weighted by Gasteiger charge is 2.06. The molecule has 0 aliphatic rings. The number of aldehydes is 1. The maximum Gasteiger partial charge on any atom is 0.262 e. The van der Waals surface area contributed by atoms with Crippen molar-refractivity contribution >= 4 is 23.6 Å². The summed E-state index contributed by atoms with van der Waals surface area (Å²) in [5.74, 6) is 0.119. The number of amides is 1. The van der Waals surface area contributed by atoms with Crippen LogP contribution in [0.5, 0.6) is 5.75 Å². The van der Waals surface area contributed by atoms with Crippen LogP contribution >= 0.6 is 0 Å².